The zero-order chi connectivity index (χ0) is 22.7. The first-order valence-corrected chi connectivity index (χ1v) is 11.9. The van der Waals surface area contributed by atoms with Gasteiger partial charge in [0.05, 0.1) is 0 Å². The highest BCUT2D eigenvalue weighted by atomic mass is 16.2. The van der Waals surface area contributed by atoms with E-state index in [4.69, 9.17) is 0 Å². The van der Waals surface area contributed by atoms with Gasteiger partial charge >= 0.3 is 0 Å². The summed E-state index contributed by atoms with van der Waals surface area (Å²) in [7, 11) is 0. The van der Waals surface area contributed by atoms with Gasteiger partial charge in [-0.05, 0) is 75.3 Å². The van der Waals surface area contributed by atoms with Crippen molar-refractivity contribution in [1.29, 1.82) is 0 Å². The topological polar surface area (TPSA) is 45.6 Å². The van der Waals surface area contributed by atoms with E-state index in [1.165, 1.54) is 6.42 Å². The van der Waals surface area contributed by atoms with Crippen molar-refractivity contribution in [2.75, 3.05) is 26.2 Å². The number of benzene rings is 1. The van der Waals surface area contributed by atoms with E-state index in [1.54, 1.807) is 6.08 Å². The van der Waals surface area contributed by atoms with Gasteiger partial charge in [-0.1, -0.05) is 25.1 Å². The van der Waals surface area contributed by atoms with Crippen LogP contribution in [0.5, 0.6) is 0 Å². The Bertz CT molecular complexity index is 984. The number of hydrogen-bond donors (Lipinski definition) is 0. The zero-order valence-corrected chi connectivity index (χ0v) is 19.6. The average Bonchev–Trinajstić information content (AvgIpc) is 3.10. The molecule has 5 nitrogen and oxygen atoms in total. The standard InChI is InChI=1S/C27H35N3O2/c1-20-8-7-15-29(19-20)27(32)23-13-16-28(17-14-23)26(31)12-11-24-18-21(2)30(22(24)3)25-9-5-4-6-10-25/h4-6,9-12,18,20,23H,7-8,13-17,19H2,1-3H3/b12-11+/t20-/m1/s1. The number of para-hydroxylation sites is 1. The molecule has 0 saturated carbocycles. The lowest BCUT2D eigenvalue weighted by molar-refractivity contribution is -0.140. The number of hydrogen-bond acceptors (Lipinski definition) is 2. The van der Waals surface area contributed by atoms with Gasteiger partial charge in [-0.2, -0.15) is 0 Å². The first-order chi connectivity index (χ1) is 15.4. The van der Waals surface area contributed by atoms with E-state index < -0.39 is 0 Å². The SMILES string of the molecule is Cc1cc(/C=C/C(=O)N2CCC(C(=O)N3CCC[C@@H](C)C3)CC2)c(C)n1-c1ccccc1. The summed E-state index contributed by atoms with van der Waals surface area (Å²) in [4.78, 5) is 29.6. The van der Waals surface area contributed by atoms with E-state index >= 15 is 0 Å². The van der Waals surface area contributed by atoms with Crippen LogP contribution in [0, 0.1) is 25.7 Å². The molecule has 1 atom stereocenters. The maximum Gasteiger partial charge on any atom is 0.246 e. The maximum absolute atomic E-state index is 12.9. The zero-order valence-electron chi connectivity index (χ0n) is 19.6. The molecule has 2 amide bonds. The Hall–Kier alpha value is -2.82. The third-order valence-electron chi connectivity index (χ3n) is 7.01. The molecule has 0 radical (unpaired) electrons. The Morgan fingerprint density at radius 3 is 2.38 bits per heavy atom. The van der Waals surface area contributed by atoms with Crippen molar-refractivity contribution < 1.29 is 9.59 Å². The van der Waals surface area contributed by atoms with Crippen molar-refractivity contribution >= 4 is 17.9 Å². The molecule has 1 aromatic heterocycles. The highest BCUT2D eigenvalue weighted by Gasteiger charge is 2.31. The van der Waals surface area contributed by atoms with Crippen LogP contribution >= 0.6 is 0 Å². The second-order valence-corrected chi connectivity index (χ2v) is 9.46. The molecule has 0 spiro atoms. The van der Waals surface area contributed by atoms with Crippen molar-refractivity contribution in [3.8, 4) is 5.69 Å². The molecule has 2 aliphatic heterocycles. The summed E-state index contributed by atoms with van der Waals surface area (Å²) in [5.41, 5.74) is 4.46. The fourth-order valence-corrected chi connectivity index (χ4v) is 5.19. The van der Waals surface area contributed by atoms with E-state index in [-0.39, 0.29) is 11.8 Å². The van der Waals surface area contributed by atoms with Gasteiger partial charge in [0.15, 0.2) is 0 Å². The van der Waals surface area contributed by atoms with Gasteiger partial charge in [0.2, 0.25) is 11.8 Å². The number of piperidine rings is 2. The second-order valence-electron chi connectivity index (χ2n) is 9.46. The molecule has 3 heterocycles. The van der Waals surface area contributed by atoms with Crippen LogP contribution in [0.1, 0.15) is 49.6 Å². The van der Waals surface area contributed by atoms with Crippen molar-refractivity contribution in [2.24, 2.45) is 11.8 Å². The molecule has 2 saturated heterocycles. The molecule has 0 N–H and O–H groups in total. The number of amides is 2. The summed E-state index contributed by atoms with van der Waals surface area (Å²) in [5, 5.41) is 0. The molecule has 5 heteroatoms. The molecule has 2 aromatic rings. The summed E-state index contributed by atoms with van der Waals surface area (Å²) in [6.07, 6.45) is 7.48. The number of nitrogens with zero attached hydrogens (tertiary/aromatic N) is 3. The van der Waals surface area contributed by atoms with Crippen LogP contribution in [0.25, 0.3) is 11.8 Å². The van der Waals surface area contributed by atoms with Crippen molar-refractivity contribution in [3.05, 3.63) is 59.4 Å². The molecular formula is C27H35N3O2. The number of aromatic nitrogens is 1. The summed E-state index contributed by atoms with van der Waals surface area (Å²) < 4.78 is 2.21. The number of likely N-dealkylation sites (tertiary alicyclic amines) is 2. The molecule has 0 bridgehead atoms. The van der Waals surface area contributed by atoms with Gasteiger partial charge in [0, 0.05) is 55.2 Å². The number of aryl methyl sites for hydroxylation is 1. The van der Waals surface area contributed by atoms with Crippen molar-refractivity contribution in [2.45, 2.75) is 46.5 Å². The van der Waals surface area contributed by atoms with Crippen LogP contribution in [-0.4, -0.2) is 52.4 Å². The van der Waals surface area contributed by atoms with Gasteiger partial charge in [0.1, 0.15) is 0 Å². The van der Waals surface area contributed by atoms with E-state index in [0.717, 1.165) is 55.0 Å². The van der Waals surface area contributed by atoms with Crippen LogP contribution in [-0.2, 0) is 9.59 Å². The Morgan fingerprint density at radius 1 is 0.969 bits per heavy atom. The molecule has 32 heavy (non-hydrogen) atoms. The minimum atomic E-state index is 0.0343. The summed E-state index contributed by atoms with van der Waals surface area (Å²) >= 11 is 0. The highest BCUT2D eigenvalue weighted by molar-refractivity contribution is 5.92. The van der Waals surface area contributed by atoms with Crippen LogP contribution in [0.15, 0.2) is 42.5 Å². The molecule has 0 aliphatic carbocycles. The first kappa shape index (κ1) is 22.4. The fraction of sp³-hybridized carbons (Fsp3) is 0.481. The van der Waals surface area contributed by atoms with Gasteiger partial charge in [-0.3, -0.25) is 9.59 Å². The van der Waals surface area contributed by atoms with Gasteiger partial charge in [0.25, 0.3) is 0 Å². The fourth-order valence-electron chi connectivity index (χ4n) is 5.19. The van der Waals surface area contributed by atoms with E-state index in [9.17, 15) is 9.59 Å². The monoisotopic (exact) mass is 433 g/mol. The molecule has 2 fully saturated rings. The maximum atomic E-state index is 12.9. The van der Waals surface area contributed by atoms with Crippen LogP contribution < -0.4 is 0 Å². The van der Waals surface area contributed by atoms with E-state index in [1.807, 2.05) is 29.2 Å². The van der Waals surface area contributed by atoms with Crippen molar-refractivity contribution in [1.82, 2.24) is 14.4 Å². The minimum Gasteiger partial charge on any atom is -0.342 e. The predicted molar refractivity (Wildman–Crippen MR) is 129 cm³/mol. The molecule has 4 rings (SSSR count). The molecular weight excluding hydrogens is 398 g/mol. The summed E-state index contributed by atoms with van der Waals surface area (Å²) in [6.45, 7) is 9.50. The first-order valence-electron chi connectivity index (χ1n) is 11.9. The van der Waals surface area contributed by atoms with Crippen LogP contribution in [0.4, 0.5) is 0 Å². The van der Waals surface area contributed by atoms with E-state index in [2.05, 4.69) is 48.4 Å². The van der Waals surface area contributed by atoms with Gasteiger partial charge in [-0.15, -0.1) is 0 Å². The molecule has 170 valence electrons. The summed E-state index contributed by atoms with van der Waals surface area (Å²) in [6, 6.07) is 12.4. The quantitative estimate of drug-likeness (QED) is 0.662. The Labute approximate surface area is 191 Å². The van der Waals surface area contributed by atoms with Crippen LogP contribution in [0.3, 0.4) is 0 Å². The number of carbonyl (C=O) groups excluding carboxylic acids is 2. The van der Waals surface area contributed by atoms with Gasteiger partial charge in [-0.25, -0.2) is 0 Å². The lowest BCUT2D eigenvalue weighted by Gasteiger charge is -2.37. The average molecular weight is 434 g/mol. The number of rotatable bonds is 4. The highest BCUT2D eigenvalue weighted by Crippen LogP contribution is 2.25. The molecule has 2 aliphatic rings. The van der Waals surface area contributed by atoms with Crippen LogP contribution in [0.2, 0.25) is 0 Å². The Kier molecular flexibility index (Phi) is 6.83. The molecule has 0 unspecified atom stereocenters. The second kappa shape index (κ2) is 9.76. The largest absolute Gasteiger partial charge is 0.342 e. The minimum absolute atomic E-state index is 0.0343. The lowest BCUT2D eigenvalue weighted by Crippen LogP contribution is -2.46. The Balaban J connectivity index is 1.35. The third kappa shape index (κ3) is 4.82. The number of carbonyl (C=O) groups is 2. The predicted octanol–water partition coefficient (Wildman–Crippen LogP) is 4.60. The lowest BCUT2D eigenvalue weighted by atomic mass is 9.92. The van der Waals surface area contributed by atoms with Crippen molar-refractivity contribution in [3.63, 3.8) is 0 Å². The normalized spacial score (nSPS) is 20.2. The van der Waals surface area contributed by atoms with Gasteiger partial charge < -0.3 is 14.4 Å². The smallest absolute Gasteiger partial charge is 0.246 e. The third-order valence-corrected chi connectivity index (χ3v) is 7.01. The Morgan fingerprint density at radius 2 is 1.69 bits per heavy atom. The van der Waals surface area contributed by atoms with E-state index in [0.29, 0.717) is 24.9 Å². The summed E-state index contributed by atoms with van der Waals surface area (Å²) in [5.74, 6) is 1.00. The molecule has 1 aromatic carbocycles.